The first kappa shape index (κ1) is 9.15. The van der Waals surface area contributed by atoms with Gasteiger partial charge in [-0.15, -0.1) is 0 Å². The van der Waals surface area contributed by atoms with Crippen LogP contribution in [0.3, 0.4) is 0 Å². The van der Waals surface area contributed by atoms with E-state index in [1.807, 2.05) is 19.1 Å². The summed E-state index contributed by atoms with van der Waals surface area (Å²) in [6.07, 6.45) is 1.69. The number of nitrogens with zero attached hydrogens (tertiary/aromatic N) is 1. The summed E-state index contributed by atoms with van der Waals surface area (Å²) in [7, 11) is 1.61. The molecule has 0 amide bonds. The molecular formula is C10H10N2OS. The van der Waals surface area contributed by atoms with Crippen molar-refractivity contribution in [2.45, 2.75) is 6.92 Å². The number of nitrogens with one attached hydrogen (secondary N) is 1. The zero-order chi connectivity index (χ0) is 10.1. The number of H-pyrrole nitrogens is 1. The number of aromatic nitrogens is 2. The summed E-state index contributed by atoms with van der Waals surface area (Å²) in [4.78, 5) is 7.35. The molecule has 2 aromatic rings. The number of aryl methyl sites for hydroxylation is 1. The lowest BCUT2D eigenvalue weighted by Gasteiger charge is -2.02. The number of ether oxygens (including phenoxy) is 1. The topological polar surface area (TPSA) is 37.9 Å². The van der Waals surface area contributed by atoms with Crippen LogP contribution < -0.4 is 4.74 Å². The molecule has 72 valence electrons. The van der Waals surface area contributed by atoms with Crippen molar-refractivity contribution in [2.24, 2.45) is 0 Å². The predicted molar refractivity (Wildman–Crippen MR) is 58.2 cm³/mol. The van der Waals surface area contributed by atoms with Gasteiger partial charge in [0.05, 0.1) is 18.8 Å². The van der Waals surface area contributed by atoms with Crippen LogP contribution in [0, 0.1) is 11.6 Å². The maximum absolute atomic E-state index is 5.20. The van der Waals surface area contributed by atoms with Gasteiger partial charge < -0.3 is 9.72 Å². The molecule has 2 aromatic heterocycles. The molecule has 0 radical (unpaired) electrons. The average Bonchev–Trinajstić information content (AvgIpc) is 2.17. The zero-order valence-corrected chi connectivity index (χ0v) is 8.81. The molecule has 2 heterocycles. The Morgan fingerprint density at radius 1 is 1.43 bits per heavy atom. The minimum atomic E-state index is 0.700. The van der Waals surface area contributed by atoms with Crippen molar-refractivity contribution in [1.82, 2.24) is 9.97 Å². The molecule has 0 unspecified atom stereocenters. The summed E-state index contributed by atoms with van der Waals surface area (Å²) < 4.78 is 5.79. The van der Waals surface area contributed by atoms with E-state index in [-0.39, 0.29) is 0 Å². The lowest BCUT2D eigenvalue weighted by molar-refractivity contribution is 0.413. The van der Waals surface area contributed by atoms with Crippen molar-refractivity contribution in [3.8, 4) is 5.75 Å². The fourth-order valence-electron chi connectivity index (χ4n) is 1.35. The fourth-order valence-corrected chi connectivity index (χ4v) is 1.68. The Morgan fingerprint density at radius 3 is 2.93 bits per heavy atom. The Kier molecular flexibility index (Phi) is 2.21. The van der Waals surface area contributed by atoms with Gasteiger partial charge in [-0.25, -0.2) is 0 Å². The Bertz CT molecular complexity index is 533. The number of pyridine rings is 2. The Morgan fingerprint density at radius 2 is 2.21 bits per heavy atom. The van der Waals surface area contributed by atoms with Crippen LogP contribution in [0.15, 0.2) is 18.3 Å². The van der Waals surface area contributed by atoms with Gasteiger partial charge in [0.25, 0.3) is 0 Å². The van der Waals surface area contributed by atoms with Crippen LogP contribution in [0.4, 0.5) is 0 Å². The molecule has 0 aliphatic carbocycles. The predicted octanol–water partition coefficient (Wildman–Crippen LogP) is 2.61. The maximum Gasteiger partial charge on any atom is 0.137 e. The number of hydrogen-bond acceptors (Lipinski definition) is 3. The van der Waals surface area contributed by atoms with Gasteiger partial charge in [-0.1, -0.05) is 12.2 Å². The Labute approximate surface area is 86.8 Å². The minimum Gasteiger partial charge on any atom is -0.495 e. The molecule has 0 bridgehead atoms. The third kappa shape index (κ3) is 1.48. The second-order valence-electron chi connectivity index (χ2n) is 3.09. The Hall–Kier alpha value is -1.42. The van der Waals surface area contributed by atoms with Crippen LogP contribution in [0.2, 0.25) is 0 Å². The first-order valence-electron chi connectivity index (χ1n) is 4.24. The molecule has 0 fully saturated rings. The molecular weight excluding hydrogens is 196 g/mol. The van der Waals surface area contributed by atoms with Crippen LogP contribution in [-0.2, 0) is 0 Å². The van der Waals surface area contributed by atoms with Crippen molar-refractivity contribution < 1.29 is 4.74 Å². The van der Waals surface area contributed by atoms with Gasteiger partial charge in [-0.05, 0) is 19.1 Å². The molecule has 0 aliphatic heterocycles. The standard InChI is InChI=1S/C10H10N2OS/c1-6-3-9-8(10(14)12-6)4-7(13-2)5-11-9/h3-5H,1-2H3,(H,12,14). The molecule has 3 nitrogen and oxygen atoms in total. The summed E-state index contributed by atoms with van der Waals surface area (Å²) >= 11 is 5.20. The van der Waals surface area contributed by atoms with Crippen LogP contribution >= 0.6 is 12.2 Å². The van der Waals surface area contributed by atoms with Gasteiger partial charge >= 0.3 is 0 Å². The summed E-state index contributed by atoms with van der Waals surface area (Å²) in [5, 5.41) is 0.921. The monoisotopic (exact) mass is 206 g/mol. The lowest BCUT2D eigenvalue weighted by Crippen LogP contribution is -1.89. The molecule has 0 spiro atoms. The number of aromatic amines is 1. The smallest absolute Gasteiger partial charge is 0.137 e. The molecule has 14 heavy (non-hydrogen) atoms. The SMILES string of the molecule is COc1cnc2cc(C)[nH]c(=S)c2c1. The first-order chi connectivity index (χ1) is 6.70. The van der Waals surface area contributed by atoms with Gasteiger partial charge in [0.2, 0.25) is 0 Å². The number of fused-ring (bicyclic) bond motifs is 1. The van der Waals surface area contributed by atoms with Crippen LogP contribution in [0.5, 0.6) is 5.75 Å². The number of rotatable bonds is 1. The highest BCUT2D eigenvalue weighted by molar-refractivity contribution is 7.71. The van der Waals surface area contributed by atoms with E-state index in [9.17, 15) is 0 Å². The zero-order valence-electron chi connectivity index (χ0n) is 8.00. The molecule has 0 saturated heterocycles. The lowest BCUT2D eigenvalue weighted by atomic mass is 10.2. The van der Waals surface area contributed by atoms with E-state index in [4.69, 9.17) is 17.0 Å². The van der Waals surface area contributed by atoms with Crippen LogP contribution in [0.25, 0.3) is 10.9 Å². The average molecular weight is 206 g/mol. The first-order valence-corrected chi connectivity index (χ1v) is 4.65. The van der Waals surface area contributed by atoms with E-state index in [0.29, 0.717) is 4.64 Å². The van der Waals surface area contributed by atoms with Crippen LogP contribution in [-0.4, -0.2) is 17.1 Å². The molecule has 0 aromatic carbocycles. The van der Waals surface area contributed by atoms with E-state index in [1.54, 1.807) is 13.3 Å². The quantitative estimate of drug-likeness (QED) is 0.729. The van der Waals surface area contributed by atoms with Crippen molar-refractivity contribution in [3.63, 3.8) is 0 Å². The summed E-state index contributed by atoms with van der Waals surface area (Å²) in [6.45, 7) is 1.96. The number of hydrogen-bond donors (Lipinski definition) is 1. The fraction of sp³-hybridized carbons (Fsp3) is 0.200. The van der Waals surface area contributed by atoms with Gasteiger partial charge in [0.1, 0.15) is 10.4 Å². The molecule has 1 N–H and O–H groups in total. The largest absolute Gasteiger partial charge is 0.495 e. The van der Waals surface area contributed by atoms with E-state index in [1.165, 1.54) is 0 Å². The van der Waals surface area contributed by atoms with E-state index >= 15 is 0 Å². The van der Waals surface area contributed by atoms with Crippen molar-refractivity contribution in [1.29, 1.82) is 0 Å². The van der Waals surface area contributed by atoms with Gasteiger partial charge in [-0.3, -0.25) is 4.98 Å². The van der Waals surface area contributed by atoms with Crippen LogP contribution in [0.1, 0.15) is 5.69 Å². The van der Waals surface area contributed by atoms with Crippen molar-refractivity contribution in [2.75, 3.05) is 7.11 Å². The molecule has 4 heteroatoms. The molecule has 0 saturated carbocycles. The molecule has 2 rings (SSSR count). The number of methoxy groups -OCH3 is 1. The van der Waals surface area contributed by atoms with E-state index < -0.39 is 0 Å². The van der Waals surface area contributed by atoms with Gasteiger partial charge in [0, 0.05) is 11.1 Å². The summed E-state index contributed by atoms with van der Waals surface area (Å²) in [5.74, 6) is 0.723. The highest BCUT2D eigenvalue weighted by Gasteiger charge is 2.00. The highest BCUT2D eigenvalue weighted by atomic mass is 32.1. The van der Waals surface area contributed by atoms with Gasteiger partial charge in [0.15, 0.2) is 0 Å². The Balaban J connectivity index is 2.82. The second kappa shape index (κ2) is 3.38. The maximum atomic E-state index is 5.20. The molecule has 0 aliphatic rings. The second-order valence-corrected chi connectivity index (χ2v) is 3.50. The van der Waals surface area contributed by atoms with E-state index in [0.717, 1.165) is 22.3 Å². The highest BCUT2D eigenvalue weighted by Crippen LogP contribution is 2.18. The molecule has 0 atom stereocenters. The third-order valence-electron chi connectivity index (χ3n) is 2.04. The minimum absolute atomic E-state index is 0.700. The normalized spacial score (nSPS) is 10.4. The van der Waals surface area contributed by atoms with Gasteiger partial charge in [-0.2, -0.15) is 0 Å². The summed E-state index contributed by atoms with van der Waals surface area (Å²) in [5.41, 5.74) is 1.91. The van der Waals surface area contributed by atoms with E-state index in [2.05, 4.69) is 9.97 Å². The summed E-state index contributed by atoms with van der Waals surface area (Å²) in [6, 6.07) is 3.85. The third-order valence-corrected chi connectivity index (χ3v) is 2.36. The van der Waals surface area contributed by atoms with Crippen molar-refractivity contribution >= 4 is 23.1 Å². The van der Waals surface area contributed by atoms with Crippen molar-refractivity contribution in [3.05, 3.63) is 28.7 Å².